The van der Waals surface area contributed by atoms with Crippen molar-refractivity contribution in [2.45, 2.75) is 11.8 Å². The first-order valence-corrected chi connectivity index (χ1v) is 7.33. The quantitative estimate of drug-likeness (QED) is 0.782. The Morgan fingerprint density at radius 3 is 2.75 bits per heavy atom. The lowest BCUT2D eigenvalue weighted by atomic mass is 10.5. The van der Waals surface area contributed by atoms with Crippen molar-refractivity contribution in [3.05, 3.63) is 35.3 Å². The third-order valence-electron chi connectivity index (χ3n) is 2.48. The molecular weight excluding hydrogens is 306 g/mol. The van der Waals surface area contributed by atoms with Crippen molar-refractivity contribution in [2.24, 2.45) is 0 Å². The topological polar surface area (TPSA) is 85.5 Å². The summed E-state index contributed by atoms with van der Waals surface area (Å²) in [5.41, 5.74) is 0. The van der Waals surface area contributed by atoms with Gasteiger partial charge in [-0.2, -0.15) is 0 Å². The molecule has 108 valence electrons. The first-order valence-electron chi connectivity index (χ1n) is 5.52. The molecule has 0 aliphatic carbocycles. The number of nitrogens with zero attached hydrogens (tertiary/aromatic N) is 3. The van der Waals surface area contributed by atoms with E-state index in [2.05, 4.69) is 10.1 Å². The van der Waals surface area contributed by atoms with Crippen LogP contribution in [-0.2, 0) is 14.8 Å². The van der Waals surface area contributed by atoms with Crippen LogP contribution >= 0.6 is 11.6 Å². The molecule has 0 saturated carbocycles. The lowest BCUT2D eigenvalue weighted by Crippen LogP contribution is -2.33. The third kappa shape index (κ3) is 2.62. The fraction of sp³-hybridized carbons (Fsp3) is 0.273. The number of methoxy groups -OCH3 is 1. The van der Waals surface area contributed by atoms with Crippen LogP contribution in [0.3, 0.4) is 0 Å². The molecule has 0 spiro atoms. The Morgan fingerprint density at radius 1 is 1.50 bits per heavy atom. The van der Waals surface area contributed by atoms with Crippen molar-refractivity contribution < 1.29 is 17.7 Å². The molecule has 2 aromatic rings. The average Bonchev–Trinajstić information content (AvgIpc) is 2.77. The first-order chi connectivity index (χ1) is 9.48. The molecule has 2 heterocycles. The van der Waals surface area contributed by atoms with Gasteiger partial charge < -0.3 is 9.26 Å². The molecule has 0 bridgehead atoms. The minimum Gasteiger partial charge on any atom is -0.363 e. The molecule has 0 aliphatic rings. The molecule has 2 aromatic heterocycles. The highest BCUT2D eigenvalue weighted by Gasteiger charge is 2.30. The van der Waals surface area contributed by atoms with Crippen molar-refractivity contribution in [2.75, 3.05) is 18.1 Å². The Labute approximate surface area is 121 Å². The SMILES string of the molecule is COCN(c1noc(C)c1Cl)S(=O)(=O)c1cccnc1. The summed E-state index contributed by atoms with van der Waals surface area (Å²) in [6.07, 6.45) is 2.71. The summed E-state index contributed by atoms with van der Waals surface area (Å²) in [6, 6.07) is 2.94. The summed E-state index contributed by atoms with van der Waals surface area (Å²) in [6.45, 7) is 1.34. The highest BCUT2D eigenvalue weighted by Crippen LogP contribution is 2.31. The molecule has 7 nitrogen and oxygen atoms in total. The predicted octanol–water partition coefficient (Wildman–Crippen LogP) is 1.83. The number of aryl methyl sites for hydroxylation is 1. The van der Waals surface area contributed by atoms with Gasteiger partial charge >= 0.3 is 0 Å². The fourth-order valence-electron chi connectivity index (χ4n) is 1.49. The number of aromatic nitrogens is 2. The second-order valence-electron chi connectivity index (χ2n) is 3.84. The van der Waals surface area contributed by atoms with E-state index >= 15 is 0 Å². The summed E-state index contributed by atoms with van der Waals surface area (Å²) in [7, 11) is -2.52. The van der Waals surface area contributed by atoms with Crippen LogP contribution in [0.2, 0.25) is 5.02 Å². The zero-order valence-electron chi connectivity index (χ0n) is 10.8. The van der Waals surface area contributed by atoms with Crippen molar-refractivity contribution in [3.8, 4) is 0 Å². The highest BCUT2D eigenvalue weighted by atomic mass is 35.5. The minimum atomic E-state index is -3.89. The van der Waals surface area contributed by atoms with E-state index in [4.69, 9.17) is 20.9 Å². The normalized spacial score (nSPS) is 11.6. The van der Waals surface area contributed by atoms with Crippen LogP contribution in [0.1, 0.15) is 5.76 Å². The Balaban J connectivity index is 2.51. The first kappa shape index (κ1) is 14.8. The molecule has 0 radical (unpaired) electrons. The lowest BCUT2D eigenvalue weighted by molar-refractivity contribution is 0.208. The van der Waals surface area contributed by atoms with Crippen LogP contribution in [0.5, 0.6) is 0 Å². The Kier molecular flexibility index (Phi) is 4.26. The van der Waals surface area contributed by atoms with Gasteiger partial charge in [0, 0.05) is 19.5 Å². The number of sulfonamides is 1. The largest absolute Gasteiger partial charge is 0.363 e. The molecule has 0 fully saturated rings. The molecule has 0 amide bonds. The number of pyridine rings is 1. The fourth-order valence-corrected chi connectivity index (χ4v) is 3.01. The molecule has 0 unspecified atom stereocenters. The monoisotopic (exact) mass is 317 g/mol. The van der Waals surface area contributed by atoms with Gasteiger partial charge in [0.15, 0.2) is 5.76 Å². The van der Waals surface area contributed by atoms with Gasteiger partial charge in [0.1, 0.15) is 16.6 Å². The zero-order valence-corrected chi connectivity index (χ0v) is 12.3. The maximum Gasteiger partial charge on any atom is 0.269 e. The van der Waals surface area contributed by atoms with Gasteiger partial charge in [-0.25, -0.2) is 12.7 Å². The van der Waals surface area contributed by atoms with E-state index in [0.717, 1.165) is 4.31 Å². The lowest BCUT2D eigenvalue weighted by Gasteiger charge is -2.20. The maximum absolute atomic E-state index is 12.5. The van der Waals surface area contributed by atoms with E-state index in [9.17, 15) is 8.42 Å². The predicted molar refractivity (Wildman–Crippen MR) is 72.0 cm³/mol. The molecule has 20 heavy (non-hydrogen) atoms. The van der Waals surface area contributed by atoms with Crippen LogP contribution in [0.15, 0.2) is 33.9 Å². The molecule has 2 rings (SSSR count). The molecule has 0 aliphatic heterocycles. The van der Waals surface area contributed by atoms with Crippen LogP contribution < -0.4 is 4.31 Å². The number of hydrogen-bond acceptors (Lipinski definition) is 6. The number of rotatable bonds is 5. The number of anilines is 1. The minimum absolute atomic E-state index is 0.00812. The van der Waals surface area contributed by atoms with E-state index < -0.39 is 10.0 Å². The average molecular weight is 318 g/mol. The molecule has 0 N–H and O–H groups in total. The summed E-state index contributed by atoms with van der Waals surface area (Å²) in [4.78, 5) is 3.80. The summed E-state index contributed by atoms with van der Waals surface area (Å²) in [5.74, 6) is 0.305. The van der Waals surface area contributed by atoms with E-state index in [-0.39, 0.29) is 22.5 Å². The van der Waals surface area contributed by atoms with Gasteiger partial charge in [0.2, 0.25) is 5.82 Å². The van der Waals surface area contributed by atoms with Gasteiger partial charge in [-0.1, -0.05) is 16.8 Å². The Bertz CT molecular complexity index is 687. The van der Waals surface area contributed by atoms with E-state index in [1.807, 2.05) is 0 Å². The molecule has 0 aromatic carbocycles. The van der Waals surface area contributed by atoms with Gasteiger partial charge in [0.25, 0.3) is 10.0 Å². The summed E-state index contributed by atoms with van der Waals surface area (Å²) in [5, 5.41) is 3.79. The van der Waals surface area contributed by atoms with Gasteiger partial charge in [-0.3, -0.25) is 4.98 Å². The number of halogens is 1. The van der Waals surface area contributed by atoms with Crippen LogP contribution in [0.25, 0.3) is 0 Å². The molecular formula is C11H12ClN3O4S. The maximum atomic E-state index is 12.5. The van der Waals surface area contributed by atoms with Gasteiger partial charge in [0.05, 0.1) is 0 Å². The van der Waals surface area contributed by atoms with Crippen molar-refractivity contribution in [1.29, 1.82) is 0 Å². The standard InChI is InChI=1S/C11H12ClN3O4S/c1-8-10(12)11(14-19-8)15(7-18-2)20(16,17)9-4-3-5-13-6-9/h3-6H,7H2,1-2H3. The Morgan fingerprint density at radius 2 is 2.25 bits per heavy atom. The van der Waals surface area contributed by atoms with Crippen LogP contribution in [-0.4, -0.2) is 32.4 Å². The second kappa shape index (κ2) is 5.78. The van der Waals surface area contributed by atoms with Gasteiger partial charge in [-0.05, 0) is 19.1 Å². The highest BCUT2D eigenvalue weighted by molar-refractivity contribution is 7.92. The van der Waals surface area contributed by atoms with Crippen LogP contribution in [0.4, 0.5) is 5.82 Å². The van der Waals surface area contributed by atoms with E-state index in [1.165, 1.54) is 31.6 Å². The molecule has 0 saturated heterocycles. The van der Waals surface area contributed by atoms with Crippen molar-refractivity contribution in [1.82, 2.24) is 10.1 Å². The van der Waals surface area contributed by atoms with Crippen molar-refractivity contribution in [3.63, 3.8) is 0 Å². The molecule has 9 heteroatoms. The second-order valence-corrected chi connectivity index (χ2v) is 6.08. The van der Waals surface area contributed by atoms with Gasteiger partial charge in [-0.15, -0.1) is 0 Å². The van der Waals surface area contributed by atoms with E-state index in [0.29, 0.717) is 5.76 Å². The van der Waals surface area contributed by atoms with Crippen LogP contribution in [0, 0.1) is 6.92 Å². The van der Waals surface area contributed by atoms with Crippen molar-refractivity contribution >= 4 is 27.4 Å². The summed E-state index contributed by atoms with van der Waals surface area (Å²) < 4.78 is 35.8. The number of ether oxygens (including phenoxy) is 1. The number of hydrogen-bond donors (Lipinski definition) is 0. The Hall–Kier alpha value is -1.64. The smallest absolute Gasteiger partial charge is 0.269 e. The summed E-state index contributed by atoms with van der Waals surface area (Å²) >= 11 is 6.00. The zero-order chi connectivity index (χ0) is 14.8. The van der Waals surface area contributed by atoms with E-state index in [1.54, 1.807) is 6.92 Å². The third-order valence-corrected chi connectivity index (χ3v) is 4.61. The molecule has 0 atom stereocenters.